The van der Waals surface area contributed by atoms with Gasteiger partial charge in [0.2, 0.25) is 5.91 Å². The summed E-state index contributed by atoms with van der Waals surface area (Å²) in [6, 6.07) is 9.38. The van der Waals surface area contributed by atoms with E-state index < -0.39 is 0 Å². The predicted octanol–water partition coefficient (Wildman–Crippen LogP) is 2.36. The summed E-state index contributed by atoms with van der Waals surface area (Å²) in [7, 11) is 0. The summed E-state index contributed by atoms with van der Waals surface area (Å²) in [5.74, 6) is 0.284. The van der Waals surface area contributed by atoms with Gasteiger partial charge in [-0.25, -0.2) is 4.98 Å². The number of hydrogen-bond acceptors (Lipinski definition) is 7. The Balaban J connectivity index is 1.20. The topological polar surface area (TPSA) is 81.3 Å². The highest BCUT2D eigenvalue weighted by atomic mass is 32.1. The van der Waals surface area contributed by atoms with E-state index in [1.807, 2.05) is 18.2 Å². The normalized spacial score (nSPS) is 32.5. The molecule has 8 heteroatoms. The summed E-state index contributed by atoms with van der Waals surface area (Å²) >= 11 is 1.65. The van der Waals surface area contributed by atoms with Gasteiger partial charge in [0.15, 0.2) is 0 Å². The van der Waals surface area contributed by atoms with Gasteiger partial charge in [0, 0.05) is 18.6 Å². The number of carbonyl (C=O) groups is 1. The van der Waals surface area contributed by atoms with Crippen molar-refractivity contribution < 1.29 is 4.79 Å². The molecule has 0 spiro atoms. The number of carbonyl (C=O) groups excluding carboxylic acids is 1. The molecule has 1 aliphatic carbocycles. The van der Waals surface area contributed by atoms with Crippen molar-refractivity contribution in [3.8, 4) is 0 Å². The molecule has 3 aliphatic heterocycles. The Morgan fingerprint density at radius 3 is 2.64 bits per heavy atom. The molecule has 6 rings (SSSR count). The third-order valence-electron chi connectivity index (χ3n) is 8.20. The first-order valence-corrected chi connectivity index (χ1v) is 13.7. The van der Waals surface area contributed by atoms with Gasteiger partial charge in [0.05, 0.1) is 22.5 Å². The zero-order chi connectivity index (χ0) is 22.2. The summed E-state index contributed by atoms with van der Waals surface area (Å²) < 4.78 is 1.14. The Labute approximate surface area is 200 Å². The molecule has 7 nitrogen and oxygen atoms in total. The van der Waals surface area contributed by atoms with Crippen LogP contribution < -0.4 is 21.3 Å². The van der Waals surface area contributed by atoms with E-state index in [2.05, 4.69) is 32.2 Å². The van der Waals surface area contributed by atoms with Crippen molar-refractivity contribution in [1.29, 1.82) is 0 Å². The van der Waals surface area contributed by atoms with Gasteiger partial charge in [-0.2, -0.15) is 0 Å². The van der Waals surface area contributed by atoms with E-state index in [-0.39, 0.29) is 24.2 Å². The van der Waals surface area contributed by atoms with Crippen molar-refractivity contribution in [3.05, 3.63) is 29.3 Å². The first-order chi connectivity index (χ1) is 16.2. The Kier molecular flexibility index (Phi) is 6.36. The second kappa shape index (κ2) is 9.58. The highest BCUT2D eigenvalue weighted by Crippen LogP contribution is 2.34. The zero-order valence-corrected chi connectivity index (χ0v) is 20.1. The Bertz CT molecular complexity index is 930. The predicted molar refractivity (Wildman–Crippen MR) is 132 cm³/mol. The van der Waals surface area contributed by atoms with Gasteiger partial charge in [-0.1, -0.05) is 18.6 Å². The van der Waals surface area contributed by atoms with Gasteiger partial charge < -0.3 is 15.5 Å². The molecule has 1 amide bonds. The van der Waals surface area contributed by atoms with Crippen LogP contribution >= 0.6 is 11.3 Å². The van der Waals surface area contributed by atoms with Crippen LogP contribution in [0, 0.1) is 5.92 Å². The minimum Gasteiger partial charge on any atom is -0.340 e. The summed E-state index contributed by atoms with van der Waals surface area (Å²) in [5, 5.41) is 15.4. The molecule has 0 bridgehead atoms. The molecule has 3 unspecified atom stereocenters. The minimum absolute atomic E-state index is 0.0284. The van der Waals surface area contributed by atoms with E-state index in [1.54, 1.807) is 11.3 Å². The fraction of sp³-hybridized carbons (Fsp3) is 0.680. The van der Waals surface area contributed by atoms with Crippen molar-refractivity contribution in [1.82, 2.24) is 31.2 Å². The summed E-state index contributed by atoms with van der Waals surface area (Å²) in [4.78, 5) is 21.1. The van der Waals surface area contributed by atoms with Crippen molar-refractivity contribution in [2.45, 2.75) is 75.3 Å². The Morgan fingerprint density at radius 1 is 1.06 bits per heavy atom. The van der Waals surface area contributed by atoms with Gasteiger partial charge in [-0.15, -0.1) is 11.3 Å². The SMILES string of the molecule is O=C1NC(C2CCN(C3CCC3)CC2)NC(N[C@@H]2CCCNC2)C1c1nc2ccccc2s1. The lowest BCUT2D eigenvalue weighted by Gasteiger charge is -2.46. The fourth-order valence-corrected chi connectivity index (χ4v) is 7.12. The lowest BCUT2D eigenvalue weighted by molar-refractivity contribution is -0.128. The molecule has 4 heterocycles. The lowest BCUT2D eigenvalue weighted by Crippen LogP contribution is -2.69. The number of hydrogen-bond donors (Lipinski definition) is 4. The highest BCUT2D eigenvalue weighted by molar-refractivity contribution is 7.18. The Morgan fingerprint density at radius 2 is 1.91 bits per heavy atom. The third kappa shape index (κ3) is 4.56. The number of piperidine rings is 2. The Hall–Kier alpha value is -1.58. The van der Waals surface area contributed by atoms with Gasteiger partial charge in [-0.05, 0) is 76.2 Å². The van der Waals surface area contributed by atoms with Crippen LogP contribution in [0.2, 0.25) is 0 Å². The number of para-hydroxylation sites is 1. The summed E-state index contributed by atoms with van der Waals surface area (Å²) in [6.45, 7) is 4.36. The number of rotatable bonds is 5. The molecule has 4 fully saturated rings. The molecule has 3 saturated heterocycles. The molecule has 4 atom stereocenters. The second-order valence-electron chi connectivity index (χ2n) is 10.3. The minimum atomic E-state index is -0.310. The third-order valence-corrected chi connectivity index (χ3v) is 9.32. The maximum atomic E-state index is 13.6. The first-order valence-electron chi connectivity index (χ1n) is 12.9. The monoisotopic (exact) mass is 468 g/mol. The smallest absolute Gasteiger partial charge is 0.234 e. The van der Waals surface area contributed by atoms with E-state index >= 15 is 0 Å². The van der Waals surface area contributed by atoms with Crippen LogP contribution in [-0.4, -0.2) is 66.4 Å². The lowest BCUT2D eigenvalue weighted by atomic mass is 9.86. The number of likely N-dealkylation sites (tertiary alicyclic amines) is 1. The van der Waals surface area contributed by atoms with Crippen LogP contribution in [0.3, 0.4) is 0 Å². The van der Waals surface area contributed by atoms with Gasteiger partial charge in [0.1, 0.15) is 10.9 Å². The molecule has 0 radical (unpaired) electrons. The zero-order valence-electron chi connectivity index (χ0n) is 19.3. The van der Waals surface area contributed by atoms with E-state index in [0.29, 0.717) is 12.0 Å². The van der Waals surface area contributed by atoms with Gasteiger partial charge >= 0.3 is 0 Å². The van der Waals surface area contributed by atoms with Crippen molar-refractivity contribution >= 4 is 27.5 Å². The maximum Gasteiger partial charge on any atom is 0.234 e. The molecular weight excluding hydrogens is 432 g/mol. The number of amides is 1. The average molecular weight is 469 g/mol. The summed E-state index contributed by atoms with van der Waals surface area (Å²) in [6.07, 6.45) is 8.68. The van der Waals surface area contributed by atoms with E-state index in [1.165, 1.54) is 25.7 Å². The first kappa shape index (κ1) is 21.9. The highest BCUT2D eigenvalue weighted by Gasteiger charge is 2.43. The van der Waals surface area contributed by atoms with Crippen LogP contribution in [0.4, 0.5) is 0 Å². The molecular formula is C25H36N6OS. The number of nitrogens with zero attached hydrogens (tertiary/aromatic N) is 2. The molecule has 4 N–H and O–H groups in total. The van der Waals surface area contributed by atoms with Gasteiger partial charge in [-0.3, -0.25) is 15.4 Å². The quantitative estimate of drug-likeness (QED) is 0.540. The van der Waals surface area contributed by atoms with Crippen molar-refractivity contribution in [2.75, 3.05) is 26.2 Å². The van der Waals surface area contributed by atoms with Crippen LogP contribution in [0.5, 0.6) is 0 Å². The maximum absolute atomic E-state index is 13.6. The molecule has 33 heavy (non-hydrogen) atoms. The molecule has 1 aromatic heterocycles. The van der Waals surface area contributed by atoms with E-state index in [0.717, 1.165) is 66.7 Å². The van der Waals surface area contributed by atoms with Gasteiger partial charge in [0.25, 0.3) is 0 Å². The molecule has 178 valence electrons. The van der Waals surface area contributed by atoms with Crippen LogP contribution in [0.1, 0.15) is 55.9 Å². The fourth-order valence-electron chi connectivity index (χ4n) is 6.02. The molecule has 1 aromatic carbocycles. The van der Waals surface area contributed by atoms with E-state index in [4.69, 9.17) is 4.98 Å². The van der Waals surface area contributed by atoms with Crippen LogP contribution in [0.15, 0.2) is 24.3 Å². The molecule has 2 aromatic rings. The number of nitrogens with one attached hydrogen (secondary N) is 4. The number of benzene rings is 1. The summed E-state index contributed by atoms with van der Waals surface area (Å²) in [5.41, 5.74) is 0.980. The van der Waals surface area contributed by atoms with Crippen molar-refractivity contribution in [2.24, 2.45) is 5.92 Å². The number of thiazole rings is 1. The largest absolute Gasteiger partial charge is 0.340 e. The van der Waals surface area contributed by atoms with Crippen LogP contribution in [-0.2, 0) is 4.79 Å². The molecule has 1 saturated carbocycles. The van der Waals surface area contributed by atoms with Crippen LogP contribution in [0.25, 0.3) is 10.2 Å². The second-order valence-corrected chi connectivity index (χ2v) is 11.4. The standard InChI is InChI=1S/C25H36N6OS/c32-24-21(25-28-19-8-1-2-9-20(19)33-25)23(27-17-5-4-12-26-15-17)29-22(30-24)16-10-13-31(14-11-16)18-6-3-7-18/h1-2,8-9,16-18,21-23,26-27,29H,3-7,10-15H2,(H,30,32)/t17-,21?,22?,23?/m1/s1. The average Bonchev–Trinajstić information content (AvgIpc) is 3.22. The molecule has 4 aliphatic rings. The van der Waals surface area contributed by atoms with E-state index in [9.17, 15) is 4.79 Å². The van der Waals surface area contributed by atoms with Crippen molar-refractivity contribution in [3.63, 3.8) is 0 Å². The number of fused-ring (bicyclic) bond motifs is 1. The number of aromatic nitrogens is 1.